The summed E-state index contributed by atoms with van der Waals surface area (Å²) in [6.45, 7) is 13.7. The summed E-state index contributed by atoms with van der Waals surface area (Å²) in [5.74, 6) is 0. The first-order chi connectivity index (χ1) is 9.38. The quantitative estimate of drug-likeness (QED) is 0.483. The molecule has 108 valence electrons. The van der Waals surface area contributed by atoms with Crippen LogP contribution in [-0.2, 0) is 9.59 Å². The molecule has 4 nitrogen and oxygen atoms in total. The molecule has 0 unspecified atom stereocenters. The highest BCUT2D eigenvalue weighted by Crippen LogP contribution is 2.24. The van der Waals surface area contributed by atoms with Crippen LogP contribution in [0.2, 0.25) is 0 Å². The van der Waals surface area contributed by atoms with Gasteiger partial charge in [0.05, 0.1) is 13.1 Å². The number of nitrogens with zero attached hydrogens (tertiary/aromatic N) is 2. The van der Waals surface area contributed by atoms with Gasteiger partial charge in [-0.2, -0.15) is 0 Å². The van der Waals surface area contributed by atoms with Gasteiger partial charge >= 0.3 is 0 Å². The second kappa shape index (κ2) is 8.98. The van der Waals surface area contributed by atoms with Gasteiger partial charge in [-0.3, -0.25) is 0 Å². The van der Waals surface area contributed by atoms with E-state index in [9.17, 15) is 9.59 Å². The lowest BCUT2D eigenvalue weighted by atomic mass is 9.90. The highest BCUT2D eigenvalue weighted by atomic mass is 16.1. The molecule has 0 atom stereocenters. The van der Waals surface area contributed by atoms with Crippen molar-refractivity contribution in [3.63, 3.8) is 0 Å². The smallest absolute Gasteiger partial charge is 0.211 e. The average molecular weight is 274 g/mol. The van der Waals surface area contributed by atoms with Crippen LogP contribution in [0.25, 0.3) is 0 Å². The van der Waals surface area contributed by atoms with Crippen molar-refractivity contribution in [2.45, 2.75) is 41.5 Å². The van der Waals surface area contributed by atoms with Gasteiger partial charge in [-0.25, -0.2) is 19.6 Å². The average Bonchev–Trinajstić information content (AvgIpc) is 2.46. The van der Waals surface area contributed by atoms with E-state index in [1.807, 2.05) is 0 Å². The van der Waals surface area contributed by atoms with E-state index in [4.69, 9.17) is 0 Å². The molecule has 20 heavy (non-hydrogen) atoms. The number of hydrogen-bond donors (Lipinski definition) is 0. The number of hydrogen-bond acceptors (Lipinski definition) is 4. The minimum atomic E-state index is 0.221. The summed E-state index contributed by atoms with van der Waals surface area (Å²) in [5, 5.41) is 0. The van der Waals surface area contributed by atoms with Gasteiger partial charge in [0, 0.05) is 0 Å². The van der Waals surface area contributed by atoms with Crippen LogP contribution in [0.1, 0.15) is 33.4 Å². The van der Waals surface area contributed by atoms with Crippen molar-refractivity contribution >= 4 is 12.2 Å². The van der Waals surface area contributed by atoms with E-state index >= 15 is 0 Å². The molecular weight excluding hydrogens is 252 g/mol. The van der Waals surface area contributed by atoms with Gasteiger partial charge in [0.25, 0.3) is 0 Å². The van der Waals surface area contributed by atoms with Crippen LogP contribution in [-0.4, -0.2) is 25.2 Å². The SMILES string of the molecule is Cc1c(C)c(C)c(C)c(C)c1C.O=C=NCCN=C=O. The molecule has 1 aromatic rings. The molecule has 0 amide bonds. The monoisotopic (exact) mass is 274 g/mol. The van der Waals surface area contributed by atoms with Crippen LogP contribution in [0.4, 0.5) is 0 Å². The van der Waals surface area contributed by atoms with Gasteiger partial charge in [-0.1, -0.05) is 0 Å². The highest BCUT2D eigenvalue weighted by molar-refractivity contribution is 5.48. The van der Waals surface area contributed by atoms with Crippen molar-refractivity contribution in [1.29, 1.82) is 0 Å². The Morgan fingerprint density at radius 1 is 0.600 bits per heavy atom. The number of rotatable bonds is 3. The fourth-order valence-electron chi connectivity index (χ4n) is 1.88. The minimum absolute atomic E-state index is 0.221. The zero-order valence-corrected chi connectivity index (χ0v) is 13.1. The largest absolute Gasteiger partial charge is 0.235 e. The second-order valence-electron chi connectivity index (χ2n) is 4.70. The van der Waals surface area contributed by atoms with Crippen molar-refractivity contribution in [2.24, 2.45) is 9.98 Å². The van der Waals surface area contributed by atoms with Crippen LogP contribution in [0, 0.1) is 41.5 Å². The Labute approximate surface area is 120 Å². The molecule has 0 aliphatic carbocycles. The molecule has 0 saturated heterocycles. The van der Waals surface area contributed by atoms with Crippen LogP contribution in [0.15, 0.2) is 9.98 Å². The van der Waals surface area contributed by atoms with E-state index in [1.54, 1.807) is 0 Å². The van der Waals surface area contributed by atoms with E-state index in [2.05, 4.69) is 51.5 Å². The van der Waals surface area contributed by atoms with E-state index in [1.165, 1.54) is 45.5 Å². The van der Waals surface area contributed by atoms with E-state index in [0.717, 1.165) is 0 Å². The molecule has 0 aromatic heterocycles. The number of isocyanates is 2. The lowest BCUT2D eigenvalue weighted by Crippen LogP contribution is -1.98. The lowest BCUT2D eigenvalue weighted by molar-refractivity contribution is 0.560. The molecule has 0 N–H and O–H groups in total. The molecular formula is C16H22N2O2. The maximum absolute atomic E-state index is 9.34. The first kappa shape index (κ1) is 18.0. The molecule has 0 radical (unpaired) electrons. The molecule has 0 aliphatic heterocycles. The number of aliphatic imine (C=N–C) groups is 2. The molecule has 4 heteroatoms. The summed E-state index contributed by atoms with van der Waals surface area (Å²) < 4.78 is 0. The van der Waals surface area contributed by atoms with Crippen LogP contribution in [0.3, 0.4) is 0 Å². The Morgan fingerprint density at radius 3 is 0.950 bits per heavy atom. The Hall–Kier alpha value is -2.02. The highest BCUT2D eigenvalue weighted by Gasteiger charge is 2.07. The molecule has 0 spiro atoms. The predicted molar refractivity (Wildman–Crippen MR) is 80.8 cm³/mol. The first-order valence-electron chi connectivity index (χ1n) is 6.49. The summed E-state index contributed by atoms with van der Waals surface area (Å²) in [6, 6.07) is 0. The third-order valence-corrected chi connectivity index (χ3v) is 3.83. The molecule has 0 heterocycles. The van der Waals surface area contributed by atoms with Gasteiger partial charge in [0.2, 0.25) is 12.2 Å². The van der Waals surface area contributed by atoms with Crippen LogP contribution >= 0.6 is 0 Å². The second-order valence-corrected chi connectivity index (χ2v) is 4.70. The Bertz CT molecular complexity index is 441. The maximum atomic E-state index is 9.34. The van der Waals surface area contributed by atoms with Crippen molar-refractivity contribution in [1.82, 2.24) is 0 Å². The fraction of sp³-hybridized carbons (Fsp3) is 0.500. The first-order valence-corrected chi connectivity index (χ1v) is 6.49. The van der Waals surface area contributed by atoms with E-state index in [-0.39, 0.29) is 13.1 Å². The van der Waals surface area contributed by atoms with E-state index in [0.29, 0.717) is 0 Å². The Balaban J connectivity index is 0.000000396. The maximum Gasteiger partial charge on any atom is 0.235 e. The Kier molecular flexibility index (Phi) is 8.07. The molecule has 0 bridgehead atoms. The summed E-state index contributed by atoms with van der Waals surface area (Å²) in [4.78, 5) is 24.9. The zero-order chi connectivity index (χ0) is 15.7. The summed E-state index contributed by atoms with van der Waals surface area (Å²) in [7, 11) is 0. The Morgan fingerprint density at radius 2 is 0.800 bits per heavy atom. The molecule has 0 saturated carbocycles. The third kappa shape index (κ3) is 4.93. The van der Waals surface area contributed by atoms with Crippen molar-refractivity contribution < 1.29 is 9.59 Å². The molecule has 0 aliphatic rings. The standard InChI is InChI=1S/C12H18.C4H4N2O2/c1-7-8(2)10(4)12(6)11(5)9(7)3;7-3-5-1-2-6-4-8/h1-6H3;1-2H2. The van der Waals surface area contributed by atoms with Gasteiger partial charge < -0.3 is 0 Å². The summed E-state index contributed by atoms with van der Waals surface area (Å²) in [5.41, 5.74) is 8.73. The summed E-state index contributed by atoms with van der Waals surface area (Å²) >= 11 is 0. The topological polar surface area (TPSA) is 58.9 Å². The summed E-state index contributed by atoms with van der Waals surface area (Å²) in [6.07, 6.45) is 2.62. The third-order valence-electron chi connectivity index (χ3n) is 3.83. The molecule has 0 fully saturated rings. The van der Waals surface area contributed by atoms with Gasteiger partial charge in [-0.15, -0.1) is 0 Å². The lowest BCUT2D eigenvalue weighted by Gasteiger charge is -2.15. The molecule has 1 aromatic carbocycles. The normalized spacial score (nSPS) is 8.90. The predicted octanol–water partition coefficient (Wildman–Crippen LogP) is 3.20. The van der Waals surface area contributed by atoms with Gasteiger partial charge in [-0.05, 0) is 74.9 Å². The minimum Gasteiger partial charge on any atom is -0.211 e. The van der Waals surface area contributed by atoms with E-state index < -0.39 is 0 Å². The van der Waals surface area contributed by atoms with Crippen LogP contribution in [0.5, 0.6) is 0 Å². The number of benzene rings is 1. The van der Waals surface area contributed by atoms with Crippen molar-refractivity contribution in [3.05, 3.63) is 33.4 Å². The van der Waals surface area contributed by atoms with Crippen molar-refractivity contribution in [3.8, 4) is 0 Å². The van der Waals surface area contributed by atoms with Gasteiger partial charge in [0.15, 0.2) is 0 Å². The van der Waals surface area contributed by atoms with Crippen LogP contribution < -0.4 is 0 Å². The molecule has 1 rings (SSSR count). The van der Waals surface area contributed by atoms with Crippen molar-refractivity contribution in [2.75, 3.05) is 13.1 Å². The fourth-order valence-corrected chi connectivity index (χ4v) is 1.88. The number of carbonyl (C=O) groups excluding carboxylic acids is 2. The zero-order valence-electron chi connectivity index (χ0n) is 13.1. The van der Waals surface area contributed by atoms with Gasteiger partial charge in [0.1, 0.15) is 0 Å².